The van der Waals surface area contributed by atoms with Gasteiger partial charge in [-0.1, -0.05) is 76.8 Å². The Balaban J connectivity index is 2.31. The number of halogens is 3. The molecule has 0 bridgehead atoms. The molecule has 1 rings (SSSR count). The molecule has 0 aromatic heterocycles. The highest BCUT2D eigenvalue weighted by Gasteiger charge is 2.37. The molecular weight excluding hydrogens is 471 g/mol. The Kier molecular flexibility index (Phi) is 17.3. The Morgan fingerprint density at radius 1 is 0.889 bits per heavy atom. The van der Waals surface area contributed by atoms with Crippen LogP contribution in [0, 0.1) is 0 Å². The molecule has 1 aromatic carbocycles. The van der Waals surface area contributed by atoms with E-state index in [0.717, 1.165) is 13.0 Å². The van der Waals surface area contributed by atoms with E-state index in [-0.39, 0.29) is 19.3 Å². The molecule has 208 valence electrons. The highest BCUT2D eigenvalue weighted by molar-refractivity contribution is 5.66. The molecule has 1 unspecified atom stereocenters. The van der Waals surface area contributed by atoms with Gasteiger partial charge in [0.05, 0.1) is 0 Å². The van der Waals surface area contributed by atoms with Crippen LogP contribution in [0.5, 0.6) is 5.75 Å². The fourth-order valence-corrected chi connectivity index (χ4v) is 4.12. The molecule has 0 spiro atoms. The number of aliphatic carboxylic acids is 1. The third-order valence-electron chi connectivity index (χ3n) is 6.38. The van der Waals surface area contributed by atoms with Gasteiger partial charge in [0, 0.05) is 13.0 Å². The quantitative estimate of drug-likeness (QED) is 0.162. The molecule has 0 saturated carbocycles. The minimum absolute atomic E-state index is 0.136. The molecule has 5 nitrogen and oxygen atoms in total. The number of nitrogens with zero attached hydrogens (tertiary/aromatic N) is 1. The second-order valence-electron chi connectivity index (χ2n) is 9.61. The van der Waals surface area contributed by atoms with Crippen molar-refractivity contribution in [3.8, 4) is 5.75 Å². The van der Waals surface area contributed by atoms with Crippen LogP contribution >= 0.6 is 0 Å². The summed E-state index contributed by atoms with van der Waals surface area (Å²) in [5.74, 6) is -0.146. The van der Waals surface area contributed by atoms with Gasteiger partial charge in [-0.05, 0) is 56.5 Å². The molecular formula is C28H46F3NO4. The Bertz CT molecular complexity index is 682. The van der Waals surface area contributed by atoms with Crippen LogP contribution in [0.3, 0.4) is 0 Å². The number of benzene rings is 1. The van der Waals surface area contributed by atoms with Crippen LogP contribution in [0.2, 0.25) is 0 Å². The SMILES string of the molecule is CCCCCCCCCCCCN(CCCC(=O)O)CCOc1ccc(CCC(O)C(F)(F)F)cc1. The lowest BCUT2D eigenvalue weighted by atomic mass is 10.1. The first-order valence-corrected chi connectivity index (χ1v) is 13.6. The van der Waals surface area contributed by atoms with Crippen LogP contribution in [0.25, 0.3) is 0 Å². The second-order valence-corrected chi connectivity index (χ2v) is 9.61. The van der Waals surface area contributed by atoms with Crippen LogP contribution in [0.15, 0.2) is 24.3 Å². The molecule has 0 aliphatic carbocycles. The van der Waals surface area contributed by atoms with Gasteiger partial charge >= 0.3 is 12.1 Å². The number of carboxylic acid groups (broad SMARTS) is 1. The van der Waals surface area contributed by atoms with Gasteiger partial charge in [-0.3, -0.25) is 9.69 Å². The molecule has 0 heterocycles. The van der Waals surface area contributed by atoms with Gasteiger partial charge in [-0.15, -0.1) is 0 Å². The molecule has 8 heteroatoms. The Hall–Kier alpha value is -1.80. The van der Waals surface area contributed by atoms with E-state index in [4.69, 9.17) is 14.9 Å². The van der Waals surface area contributed by atoms with E-state index in [1.807, 2.05) is 0 Å². The maximum atomic E-state index is 12.4. The minimum atomic E-state index is -4.59. The zero-order chi connectivity index (χ0) is 26.7. The smallest absolute Gasteiger partial charge is 0.414 e. The second kappa shape index (κ2) is 19.3. The third kappa shape index (κ3) is 16.8. The first-order chi connectivity index (χ1) is 17.2. The molecule has 0 radical (unpaired) electrons. The van der Waals surface area contributed by atoms with Crippen molar-refractivity contribution in [2.75, 3.05) is 26.2 Å². The molecule has 0 saturated heterocycles. The van der Waals surface area contributed by atoms with Crippen molar-refractivity contribution in [3.05, 3.63) is 29.8 Å². The molecule has 1 aromatic rings. The van der Waals surface area contributed by atoms with Gasteiger partial charge in [0.15, 0.2) is 0 Å². The average Bonchev–Trinajstić information content (AvgIpc) is 2.83. The lowest BCUT2D eigenvalue weighted by Gasteiger charge is -2.22. The van der Waals surface area contributed by atoms with E-state index in [1.54, 1.807) is 24.3 Å². The topological polar surface area (TPSA) is 70.0 Å². The summed E-state index contributed by atoms with van der Waals surface area (Å²) in [6, 6.07) is 6.89. The van der Waals surface area contributed by atoms with Gasteiger partial charge < -0.3 is 14.9 Å². The third-order valence-corrected chi connectivity index (χ3v) is 6.38. The first-order valence-electron chi connectivity index (χ1n) is 13.6. The van der Waals surface area contributed by atoms with Gasteiger partial charge in [0.2, 0.25) is 0 Å². The van der Waals surface area contributed by atoms with Crippen LogP contribution in [-0.2, 0) is 11.2 Å². The summed E-state index contributed by atoms with van der Waals surface area (Å²) in [6.07, 6.45) is 6.34. The summed E-state index contributed by atoms with van der Waals surface area (Å²) in [5.41, 5.74) is 0.710. The van der Waals surface area contributed by atoms with Crippen LogP contribution < -0.4 is 4.74 Å². The number of carboxylic acids is 1. The Morgan fingerprint density at radius 2 is 1.44 bits per heavy atom. The molecule has 0 aliphatic rings. The Labute approximate surface area is 215 Å². The van der Waals surface area contributed by atoms with Crippen molar-refractivity contribution in [3.63, 3.8) is 0 Å². The van der Waals surface area contributed by atoms with E-state index in [0.29, 0.717) is 37.4 Å². The largest absolute Gasteiger partial charge is 0.492 e. The summed E-state index contributed by atoms with van der Waals surface area (Å²) in [7, 11) is 0. The van der Waals surface area contributed by atoms with Gasteiger partial charge in [-0.2, -0.15) is 13.2 Å². The maximum Gasteiger partial charge on any atom is 0.414 e. The molecule has 0 amide bonds. The highest BCUT2D eigenvalue weighted by Crippen LogP contribution is 2.24. The number of aliphatic hydroxyl groups excluding tert-OH is 1. The van der Waals surface area contributed by atoms with Crippen molar-refractivity contribution in [1.82, 2.24) is 4.90 Å². The molecule has 2 N–H and O–H groups in total. The van der Waals surface area contributed by atoms with Crippen molar-refractivity contribution in [2.45, 2.75) is 109 Å². The molecule has 0 fully saturated rings. The zero-order valence-electron chi connectivity index (χ0n) is 21.9. The minimum Gasteiger partial charge on any atom is -0.492 e. The number of rotatable bonds is 22. The average molecular weight is 518 g/mol. The van der Waals surface area contributed by atoms with Gasteiger partial charge in [-0.25, -0.2) is 0 Å². The zero-order valence-corrected chi connectivity index (χ0v) is 21.9. The molecule has 36 heavy (non-hydrogen) atoms. The number of unbranched alkanes of at least 4 members (excludes halogenated alkanes) is 9. The number of alkyl halides is 3. The molecule has 0 aliphatic heterocycles. The van der Waals surface area contributed by atoms with E-state index >= 15 is 0 Å². The highest BCUT2D eigenvalue weighted by atomic mass is 19.4. The van der Waals surface area contributed by atoms with Crippen LogP contribution in [0.1, 0.15) is 96.0 Å². The van der Waals surface area contributed by atoms with E-state index in [1.165, 1.54) is 57.8 Å². The fourth-order valence-electron chi connectivity index (χ4n) is 4.12. The normalized spacial score (nSPS) is 12.7. The number of carbonyl (C=O) groups is 1. The van der Waals surface area contributed by atoms with Gasteiger partial charge in [0.1, 0.15) is 18.5 Å². The standard InChI is InChI=1S/C28H46F3NO4/c1-2-3-4-5-6-7-8-9-10-11-20-32(21-12-13-27(34)35)22-23-36-25-17-14-24(15-18-25)16-19-26(33)28(29,30)31/h14-15,17-18,26,33H,2-13,16,19-23H2,1H3,(H,34,35). The summed E-state index contributed by atoms with van der Waals surface area (Å²) >= 11 is 0. The number of hydrogen-bond acceptors (Lipinski definition) is 4. The molecule has 1 atom stereocenters. The van der Waals surface area contributed by atoms with Crippen molar-refractivity contribution >= 4 is 5.97 Å². The number of hydrogen-bond donors (Lipinski definition) is 2. The maximum absolute atomic E-state index is 12.4. The lowest BCUT2D eigenvalue weighted by Crippen LogP contribution is -2.31. The lowest BCUT2D eigenvalue weighted by molar-refractivity contribution is -0.205. The first kappa shape index (κ1) is 32.2. The summed E-state index contributed by atoms with van der Waals surface area (Å²) in [5, 5.41) is 18.1. The predicted octanol–water partition coefficient (Wildman–Crippen LogP) is 7.01. The summed E-state index contributed by atoms with van der Waals surface area (Å²) in [6.45, 7) is 5.01. The number of aliphatic hydroxyl groups is 1. The fraction of sp³-hybridized carbons (Fsp3) is 0.750. The Morgan fingerprint density at radius 3 is 2.00 bits per heavy atom. The van der Waals surface area contributed by atoms with Crippen molar-refractivity contribution < 1.29 is 32.9 Å². The van der Waals surface area contributed by atoms with E-state index in [2.05, 4.69) is 11.8 Å². The number of ether oxygens (including phenoxy) is 1. The monoisotopic (exact) mass is 517 g/mol. The van der Waals surface area contributed by atoms with Crippen molar-refractivity contribution in [2.24, 2.45) is 0 Å². The summed E-state index contributed by atoms with van der Waals surface area (Å²) < 4.78 is 43.1. The number of aryl methyl sites for hydroxylation is 1. The van der Waals surface area contributed by atoms with Crippen LogP contribution in [-0.4, -0.2) is 59.6 Å². The summed E-state index contributed by atoms with van der Waals surface area (Å²) in [4.78, 5) is 13.1. The van der Waals surface area contributed by atoms with Crippen LogP contribution in [0.4, 0.5) is 13.2 Å². The predicted molar refractivity (Wildman–Crippen MR) is 137 cm³/mol. The van der Waals surface area contributed by atoms with Gasteiger partial charge in [0.25, 0.3) is 0 Å². The van der Waals surface area contributed by atoms with E-state index < -0.39 is 18.2 Å². The van der Waals surface area contributed by atoms with Crippen molar-refractivity contribution in [1.29, 1.82) is 0 Å². The van der Waals surface area contributed by atoms with E-state index in [9.17, 15) is 18.0 Å².